The zero-order chi connectivity index (χ0) is 8.69. The normalized spacial score (nSPS) is 8.27. The van der Waals surface area contributed by atoms with E-state index in [0.29, 0.717) is 0 Å². The molecule has 0 aliphatic carbocycles. The average molecular weight is 156 g/mol. The summed E-state index contributed by atoms with van der Waals surface area (Å²) < 4.78 is 0. The minimum absolute atomic E-state index is 0.0428. The summed E-state index contributed by atoms with van der Waals surface area (Å²) in [5.41, 5.74) is 0. The fourth-order valence-corrected chi connectivity index (χ4v) is 0.525. The van der Waals surface area contributed by atoms with Crippen LogP contribution in [-0.4, -0.2) is 17.0 Å². The standard InChI is InChI=1S/C6H8N2O3/c7-4-8-5(9)2-1-3-6(10)11/h1-3H2,(H,8,9)(H,10,11). The van der Waals surface area contributed by atoms with Crippen LogP contribution in [0.2, 0.25) is 0 Å². The highest BCUT2D eigenvalue weighted by atomic mass is 16.4. The molecule has 0 aromatic heterocycles. The molecule has 5 heteroatoms. The lowest BCUT2D eigenvalue weighted by Gasteiger charge is -1.93. The molecule has 0 spiro atoms. The number of hydrogen-bond acceptors (Lipinski definition) is 3. The Balaban J connectivity index is 3.33. The highest BCUT2D eigenvalue weighted by molar-refractivity contribution is 5.77. The van der Waals surface area contributed by atoms with Crippen molar-refractivity contribution in [3.63, 3.8) is 0 Å². The first-order chi connectivity index (χ1) is 5.16. The first kappa shape index (κ1) is 9.43. The van der Waals surface area contributed by atoms with Gasteiger partial charge in [-0.2, -0.15) is 5.26 Å². The molecule has 5 nitrogen and oxygen atoms in total. The van der Waals surface area contributed by atoms with Crippen molar-refractivity contribution in [3.05, 3.63) is 0 Å². The van der Waals surface area contributed by atoms with Crippen LogP contribution in [0.1, 0.15) is 19.3 Å². The highest BCUT2D eigenvalue weighted by Crippen LogP contribution is 1.93. The fourth-order valence-electron chi connectivity index (χ4n) is 0.525. The minimum atomic E-state index is -0.935. The van der Waals surface area contributed by atoms with Gasteiger partial charge in [0, 0.05) is 12.8 Å². The van der Waals surface area contributed by atoms with Crippen molar-refractivity contribution in [3.8, 4) is 6.19 Å². The van der Waals surface area contributed by atoms with E-state index in [9.17, 15) is 9.59 Å². The molecular formula is C6H8N2O3. The Labute approximate surface area is 63.6 Å². The van der Waals surface area contributed by atoms with Gasteiger partial charge in [0.15, 0.2) is 6.19 Å². The number of aliphatic carboxylic acids is 1. The van der Waals surface area contributed by atoms with E-state index in [1.54, 1.807) is 0 Å². The molecule has 0 aromatic carbocycles. The van der Waals surface area contributed by atoms with Gasteiger partial charge in [-0.3, -0.25) is 14.9 Å². The molecule has 11 heavy (non-hydrogen) atoms. The number of nitrogens with one attached hydrogen (secondary N) is 1. The summed E-state index contributed by atoms with van der Waals surface area (Å²) in [5, 5.41) is 18.0. The van der Waals surface area contributed by atoms with Gasteiger partial charge < -0.3 is 5.11 Å². The molecule has 2 N–H and O–H groups in total. The van der Waals surface area contributed by atoms with Crippen LogP contribution in [0, 0.1) is 11.5 Å². The summed E-state index contributed by atoms with van der Waals surface area (Å²) in [6, 6.07) is 0. The number of carbonyl (C=O) groups excluding carboxylic acids is 1. The van der Waals surface area contributed by atoms with Gasteiger partial charge in [0.2, 0.25) is 5.91 Å². The van der Waals surface area contributed by atoms with E-state index in [4.69, 9.17) is 10.4 Å². The predicted molar refractivity (Wildman–Crippen MR) is 35.2 cm³/mol. The van der Waals surface area contributed by atoms with Gasteiger partial charge >= 0.3 is 5.97 Å². The second-order valence-corrected chi connectivity index (χ2v) is 1.91. The summed E-state index contributed by atoms with van der Waals surface area (Å²) in [6.07, 6.45) is 1.77. The average Bonchev–Trinajstić information content (AvgIpc) is 1.87. The predicted octanol–water partition coefficient (Wildman–Crippen LogP) is -0.161. The molecule has 0 atom stereocenters. The third-order valence-corrected chi connectivity index (χ3v) is 0.990. The van der Waals surface area contributed by atoms with Crippen molar-refractivity contribution in [1.29, 1.82) is 5.26 Å². The van der Waals surface area contributed by atoms with Crippen LogP contribution in [-0.2, 0) is 9.59 Å². The third-order valence-electron chi connectivity index (χ3n) is 0.990. The first-order valence-electron chi connectivity index (χ1n) is 3.06. The van der Waals surface area contributed by atoms with Crippen molar-refractivity contribution in [1.82, 2.24) is 5.32 Å². The summed E-state index contributed by atoms with van der Waals surface area (Å²) in [4.78, 5) is 20.4. The maximum absolute atomic E-state index is 10.5. The molecule has 0 fully saturated rings. The Morgan fingerprint density at radius 2 is 2.09 bits per heavy atom. The summed E-state index contributed by atoms with van der Waals surface area (Å²) >= 11 is 0. The topological polar surface area (TPSA) is 90.2 Å². The SMILES string of the molecule is N#CNC(=O)CCCC(=O)O. The summed E-state index contributed by atoms with van der Waals surface area (Å²) in [5.74, 6) is -1.37. The van der Waals surface area contributed by atoms with Crippen molar-refractivity contribution in [2.24, 2.45) is 0 Å². The summed E-state index contributed by atoms with van der Waals surface area (Å²) in [6.45, 7) is 0. The lowest BCUT2D eigenvalue weighted by Crippen LogP contribution is -2.16. The Morgan fingerprint density at radius 3 is 2.55 bits per heavy atom. The van der Waals surface area contributed by atoms with E-state index in [-0.39, 0.29) is 19.3 Å². The van der Waals surface area contributed by atoms with Crippen LogP contribution in [0.4, 0.5) is 0 Å². The lowest BCUT2D eigenvalue weighted by atomic mass is 10.2. The number of carboxylic acids is 1. The number of nitriles is 1. The van der Waals surface area contributed by atoms with E-state index in [1.807, 2.05) is 5.32 Å². The Bertz CT molecular complexity index is 194. The van der Waals surface area contributed by atoms with Crippen molar-refractivity contribution >= 4 is 11.9 Å². The smallest absolute Gasteiger partial charge is 0.303 e. The van der Waals surface area contributed by atoms with Gasteiger partial charge in [-0.1, -0.05) is 0 Å². The monoisotopic (exact) mass is 156 g/mol. The molecule has 0 saturated heterocycles. The maximum atomic E-state index is 10.5. The van der Waals surface area contributed by atoms with Crippen LogP contribution >= 0.6 is 0 Å². The van der Waals surface area contributed by atoms with E-state index in [1.165, 1.54) is 6.19 Å². The quantitative estimate of drug-likeness (QED) is 0.437. The van der Waals surface area contributed by atoms with Gasteiger partial charge in [0.1, 0.15) is 0 Å². The first-order valence-corrected chi connectivity index (χ1v) is 3.06. The van der Waals surface area contributed by atoms with Gasteiger partial charge in [-0.15, -0.1) is 0 Å². The zero-order valence-electron chi connectivity index (χ0n) is 5.83. The van der Waals surface area contributed by atoms with E-state index >= 15 is 0 Å². The molecule has 0 heterocycles. The van der Waals surface area contributed by atoms with E-state index in [2.05, 4.69) is 0 Å². The number of hydrogen-bond donors (Lipinski definition) is 2. The van der Waals surface area contributed by atoms with Gasteiger partial charge in [0.25, 0.3) is 0 Å². The third kappa shape index (κ3) is 6.31. The fraction of sp³-hybridized carbons (Fsp3) is 0.500. The molecule has 0 aliphatic rings. The lowest BCUT2D eigenvalue weighted by molar-refractivity contribution is -0.137. The molecule has 0 aromatic rings. The number of carbonyl (C=O) groups is 2. The second-order valence-electron chi connectivity index (χ2n) is 1.91. The zero-order valence-corrected chi connectivity index (χ0v) is 5.83. The maximum Gasteiger partial charge on any atom is 0.303 e. The van der Waals surface area contributed by atoms with Gasteiger partial charge in [-0.25, -0.2) is 0 Å². The van der Waals surface area contributed by atoms with Gasteiger partial charge in [-0.05, 0) is 6.42 Å². The molecular weight excluding hydrogens is 148 g/mol. The van der Waals surface area contributed by atoms with E-state index in [0.717, 1.165) is 0 Å². The van der Waals surface area contributed by atoms with Crippen molar-refractivity contribution in [2.45, 2.75) is 19.3 Å². The van der Waals surface area contributed by atoms with Crippen LogP contribution in [0.5, 0.6) is 0 Å². The van der Waals surface area contributed by atoms with Crippen LogP contribution in [0.25, 0.3) is 0 Å². The van der Waals surface area contributed by atoms with Crippen molar-refractivity contribution in [2.75, 3.05) is 0 Å². The van der Waals surface area contributed by atoms with Gasteiger partial charge in [0.05, 0.1) is 0 Å². The molecule has 1 amide bonds. The molecule has 0 aliphatic heterocycles. The number of nitrogens with zero attached hydrogens (tertiary/aromatic N) is 1. The molecule has 0 unspecified atom stereocenters. The number of rotatable bonds is 4. The molecule has 0 rings (SSSR count). The largest absolute Gasteiger partial charge is 0.481 e. The van der Waals surface area contributed by atoms with Crippen LogP contribution in [0.3, 0.4) is 0 Å². The Kier molecular flexibility index (Phi) is 4.49. The number of carboxylic acid groups (broad SMARTS) is 1. The summed E-state index contributed by atoms with van der Waals surface area (Å²) in [7, 11) is 0. The molecule has 60 valence electrons. The van der Waals surface area contributed by atoms with E-state index < -0.39 is 11.9 Å². The molecule has 0 saturated carbocycles. The highest BCUT2D eigenvalue weighted by Gasteiger charge is 2.01. The number of amides is 1. The molecule has 0 bridgehead atoms. The Hall–Kier alpha value is -1.57. The Morgan fingerprint density at radius 1 is 1.45 bits per heavy atom. The second kappa shape index (κ2) is 5.23. The minimum Gasteiger partial charge on any atom is -0.481 e. The molecule has 0 radical (unpaired) electrons. The van der Waals surface area contributed by atoms with Crippen molar-refractivity contribution < 1.29 is 14.7 Å². The van der Waals surface area contributed by atoms with Crippen LogP contribution < -0.4 is 5.32 Å². The van der Waals surface area contributed by atoms with Crippen LogP contribution in [0.15, 0.2) is 0 Å².